The Morgan fingerprint density at radius 2 is 2.33 bits per heavy atom. The number of aromatic hydroxyl groups is 1. The molecule has 1 aromatic carbocycles. The maximum absolute atomic E-state index is 11.8. The van der Waals surface area contributed by atoms with E-state index in [0.29, 0.717) is 18.5 Å². The van der Waals surface area contributed by atoms with E-state index in [4.69, 9.17) is 0 Å². The first kappa shape index (κ1) is 12.1. The third-order valence-corrected chi connectivity index (χ3v) is 2.58. The Labute approximate surface area is 104 Å². The van der Waals surface area contributed by atoms with Crippen molar-refractivity contribution in [2.24, 2.45) is 0 Å². The van der Waals surface area contributed by atoms with Gasteiger partial charge >= 0.3 is 0 Å². The number of benzene rings is 1. The predicted molar refractivity (Wildman–Crippen MR) is 65.3 cm³/mol. The van der Waals surface area contributed by atoms with Crippen molar-refractivity contribution in [3.8, 4) is 5.75 Å². The molecule has 1 aromatic heterocycles. The number of H-pyrrole nitrogens is 1. The second-order valence-electron chi connectivity index (χ2n) is 3.94. The summed E-state index contributed by atoms with van der Waals surface area (Å²) < 4.78 is 0. The van der Waals surface area contributed by atoms with E-state index >= 15 is 0 Å². The first-order chi connectivity index (χ1) is 8.66. The molecule has 18 heavy (non-hydrogen) atoms. The van der Waals surface area contributed by atoms with Gasteiger partial charge < -0.3 is 10.4 Å². The molecule has 0 aliphatic carbocycles. The molecule has 0 saturated heterocycles. The van der Waals surface area contributed by atoms with E-state index in [9.17, 15) is 9.90 Å². The molecule has 6 heteroatoms. The molecule has 6 nitrogen and oxygen atoms in total. The molecule has 0 bridgehead atoms. The van der Waals surface area contributed by atoms with Crippen LogP contribution in [0.1, 0.15) is 21.7 Å². The van der Waals surface area contributed by atoms with E-state index in [2.05, 4.69) is 20.5 Å². The Bertz CT molecular complexity index is 537. The molecule has 0 radical (unpaired) electrons. The lowest BCUT2D eigenvalue weighted by atomic mass is 10.1. The average molecular weight is 246 g/mol. The summed E-state index contributed by atoms with van der Waals surface area (Å²) in [4.78, 5) is 15.7. The zero-order valence-electron chi connectivity index (χ0n) is 9.97. The Morgan fingerprint density at radius 3 is 3.00 bits per heavy atom. The first-order valence-corrected chi connectivity index (χ1v) is 5.59. The van der Waals surface area contributed by atoms with E-state index in [1.54, 1.807) is 19.1 Å². The maximum Gasteiger partial charge on any atom is 0.251 e. The lowest BCUT2D eigenvalue weighted by Crippen LogP contribution is -2.25. The second kappa shape index (κ2) is 5.31. The molecule has 0 atom stereocenters. The molecule has 0 aliphatic heterocycles. The normalized spacial score (nSPS) is 10.3. The summed E-state index contributed by atoms with van der Waals surface area (Å²) in [5, 5.41) is 18.7. The molecule has 3 N–H and O–H groups in total. The van der Waals surface area contributed by atoms with Crippen LogP contribution in [0.5, 0.6) is 5.75 Å². The molecular weight excluding hydrogens is 232 g/mol. The largest absolute Gasteiger partial charge is 0.508 e. The van der Waals surface area contributed by atoms with Crippen molar-refractivity contribution in [1.29, 1.82) is 0 Å². The molecule has 0 saturated carbocycles. The van der Waals surface area contributed by atoms with Gasteiger partial charge in [0.1, 0.15) is 17.9 Å². The van der Waals surface area contributed by atoms with E-state index in [1.165, 1.54) is 12.4 Å². The Balaban J connectivity index is 1.89. The number of hydrogen-bond acceptors (Lipinski definition) is 4. The second-order valence-corrected chi connectivity index (χ2v) is 3.94. The number of aromatic amines is 1. The van der Waals surface area contributed by atoms with Crippen LogP contribution in [-0.2, 0) is 6.42 Å². The quantitative estimate of drug-likeness (QED) is 0.744. The van der Waals surface area contributed by atoms with Gasteiger partial charge in [-0.2, -0.15) is 5.10 Å². The summed E-state index contributed by atoms with van der Waals surface area (Å²) >= 11 is 0. The van der Waals surface area contributed by atoms with Gasteiger partial charge in [0, 0.05) is 18.5 Å². The Morgan fingerprint density at radius 1 is 1.50 bits per heavy atom. The van der Waals surface area contributed by atoms with Gasteiger partial charge in [-0.15, -0.1) is 0 Å². The van der Waals surface area contributed by atoms with E-state index in [0.717, 1.165) is 11.4 Å². The van der Waals surface area contributed by atoms with Crippen molar-refractivity contribution < 1.29 is 9.90 Å². The monoisotopic (exact) mass is 246 g/mol. The van der Waals surface area contributed by atoms with Crippen molar-refractivity contribution in [2.75, 3.05) is 6.54 Å². The topological polar surface area (TPSA) is 90.9 Å². The fourth-order valence-electron chi connectivity index (χ4n) is 1.50. The highest BCUT2D eigenvalue weighted by Gasteiger charge is 2.07. The molecular formula is C12H14N4O2. The van der Waals surface area contributed by atoms with Gasteiger partial charge in [-0.05, 0) is 24.6 Å². The van der Waals surface area contributed by atoms with Gasteiger partial charge in [0.05, 0.1) is 0 Å². The minimum absolute atomic E-state index is 0.123. The molecule has 2 aromatic rings. The third-order valence-electron chi connectivity index (χ3n) is 2.58. The minimum atomic E-state index is -0.218. The van der Waals surface area contributed by atoms with Crippen molar-refractivity contribution in [3.63, 3.8) is 0 Å². The molecule has 0 unspecified atom stereocenters. The summed E-state index contributed by atoms with van der Waals surface area (Å²) in [5.41, 5.74) is 1.18. The van der Waals surface area contributed by atoms with Crippen LogP contribution in [0.2, 0.25) is 0 Å². The molecule has 0 spiro atoms. The SMILES string of the molecule is Cc1ccc(C(=O)NCCc2ncn[nH]2)cc1O. The standard InChI is InChI=1S/C12H14N4O2/c1-8-2-3-9(6-10(8)17)12(18)13-5-4-11-14-7-15-16-11/h2-3,6-7,17H,4-5H2,1H3,(H,13,18)(H,14,15,16). The number of nitrogens with one attached hydrogen (secondary N) is 2. The average Bonchev–Trinajstić information content (AvgIpc) is 2.85. The fourth-order valence-corrected chi connectivity index (χ4v) is 1.50. The fraction of sp³-hybridized carbons (Fsp3) is 0.250. The van der Waals surface area contributed by atoms with Gasteiger partial charge in [0.2, 0.25) is 0 Å². The van der Waals surface area contributed by atoms with Gasteiger partial charge in [-0.1, -0.05) is 6.07 Å². The number of hydrogen-bond donors (Lipinski definition) is 3. The van der Waals surface area contributed by atoms with Crippen molar-refractivity contribution >= 4 is 5.91 Å². The number of rotatable bonds is 4. The highest BCUT2D eigenvalue weighted by molar-refractivity contribution is 5.94. The maximum atomic E-state index is 11.8. The van der Waals surface area contributed by atoms with Crippen LogP contribution in [0.15, 0.2) is 24.5 Å². The van der Waals surface area contributed by atoms with Gasteiger partial charge in [0.25, 0.3) is 5.91 Å². The third kappa shape index (κ3) is 2.85. The molecule has 1 heterocycles. The first-order valence-electron chi connectivity index (χ1n) is 5.59. The molecule has 94 valence electrons. The number of aromatic nitrogens is 3. The predicted octanol–water partition coefficient (Wildman–Crippen LogP) is 0.791. The van der Waals surface area contributed by atoms with Gasteiger partial charge in [-0.25, -0.2) is 4.98 Å². The number of phenols is 1. The molecule has 0 aliphatic rings. The minimum Gasteiger partial charge on any atom is -0.508 e. The van der Waals surface area contributed by atoms with Crippen LogP contribution in [0.3, 0.4) is 0 Å². The lowest BCUT2D eigenvalue weighted by molar-refractivity contribution is 0.0953. The van der Waals surface area contributed by atoms with Crippen molar-refractivity contribution in [1.82, 2.24) is 20.5 Å². The zero-order valence-corrected chi connectivity index (χ0v) is 9.97. The number of phenolic OH excluding ortho intramolecular Hbond substituents is 1. The Hall–Kier alpha value is -2.37. The van der Waals surface area contributed by atoms with Crippen molar-refractivity contribution in [2.45, 2.75) is 13.3 Å². The highest BCUT2D eigenvalue weighted by atomic mass is 16.3. The van der Waals surface area contributed by atoms with Gasteiger partial charge in [0.15, 0.2) is 0 Å². The van der Waals surface area contributed by atoms with Gasteiger partial charge in [-0.3, -0.25) is 9.89 Å². The van der Waals surface area contributed by atoms with Crippen LogP contribution in [0, 0.1) is 6.92 Å². The lowest BCUT2D eigenvalue weighted by Gasteiger charge is -2.05. The van der Waals surface area contributed by atoms with E-state index in [-0.39, 0.29) is 11.7 Å². The number of nitrogens with zero attached hydrogens (tertiary/aromatic N) is 2. The number of amides is 1. The summed E-state index contributed by atoms with van der Waals surface area (Å²) in [6.07, 6.45) is 2.01. The highest BCUT2D eigenvalue weighted by Crippen LogP contribution is 2.17. The number of aryl methyl sites for hydroxylation is 1. The summed E-state index contributed by atoms with van der Waals surface area (Å²) in [5.74, 6) is 0.629. The zero-order chi connectivity index (χ0) is 13.0. The Kier molecular flexibility index (Phi) is 3.57. The van der Waals surface area contributed by atoms with Crippen LogP contribution < -0.4 is 5.32 Å². The molecule has 2 rings (SSSR count). The van der Waals surface area contributed by atoms with E-state index in [1.807, 2.05) is 0 Å². The van der Waals surface area contributed by atoms with Crippen LogP contribution in [0.25, 0.3) is 0 Å². The molecule has 1 amide bonds. The smallest absolute Gasteiger partial charge is 0.251 e. The number of carbonyl (C=O) groups excluding carboxylic acids is 1. The number of carbonyl (C=O) groups is 1. The van der Waals surface area contributed by atoms with Crippen molar-refractivity contribution in [3.05, 3.63) is 41.5 Å². The van der Waals surface area contributed by atoms with Crippen LogP contribution in [0.4, 0.5) is 0 Å². The summed E-state index contributed by atoms with van der Waals surface area (Å²) in [6.45, 7) is 2.24. The van der Waals surface area contributed by atoms with Crippen LogP contribution in [-0.4, -0.2) is 32.7 Å². The summed E-state index contributed by atoms with van der Waals surface area (Å²) in [6, 6.07) is 4.85. The van der Waals surface area contributed by atoms with E-state index < -0.39 is 0 Å². The van der Waals surface area contributed by atoms with Crippen LogP contribution >= 0.6 is 0 Å². The summed E-state index contributed by atoms with van der Waals surface area (Å²) in [7, 11) is 0. The molecule has 0 fully saturated rings.